The van der Waals surface area contributed by atoms with Gasteiger partial charge in [0.15, 0.2) is 11.6 Å². The Labute approximate surface area is 246 Å². The van der Waals surface area contributed by atoms with Crippen molar-refractivity contribution in [3.8, 4) is 17.5 Å². The minimum Gasteiger partial charge on any atom is -0.381 e. The molecule has 0 saturated carbocycles. The highest BCUT2D eigenvalue weighted by Crippen LogP contribution is 2.26. The number of anilines is 1. The minimum atomic E-state index is -0.705. The molecule has 1 atom stereocenters. The number of carbonyl (C=O) groups excluding carboxylic acids is 1. The summed E-state index contributed by atoms with van der Waals surface area (Å²) in [6.07, 6.45) is 2.94. The van der Waals surface area contributed by atoms with E-state index in [1.165, 1.54) is 32.9 Å². The number of para-hydroxylation sites is 1. The number of aryl methyl sites for hydroxylation is 3. The van der Waals surface area contributed by atoms with Crippen molar-refractivity contribution in [2.45, 2.75) is 26.8 Å². The lowest BCUT2D eigenvalue weighted by Gasteiger charge is -2.20. The van der Waals surface area contributed by atoms with Crippen LogP contribution in [0.3, 0.4) is 0 Å². The normalized spacial score (nSPS) is 11.8. The Morgan fingerprint density at radius 3 is 2.60 bits per heavy atom. The maximum absolute atomic E-state index is 14.2. The first kappa shape index (κ1) is 28.2. The maximum atomic E-state index is 14.2. The standard InChI is InChI=1S/C31H28N8O2S/c1-6-17-33-29-26(27(32)37-38(29)5)30(40)35-19(3)28-36-23-14-10-11-21(15-16-24-18(2)34-20(4)42-24)25(23)31(41)39(28)22-12-8-7-9-13-22/h6-14,17,19H,1H2,2-5H3,(H2,32,37)(H,35,40)/b33-17-. The number of aromatic nitrogens is 5. The van der Waals surface area contributed by atoms with Crippen LogP contribution >= 0.6 is 11.3 Å². The van der Waals surface area contributed by atoms with Crippen molar-refractivity contribution >= 4 is 46.0 Å². The van der Waals surface area contributed by atoms with Gasteiger partial charge < -0.3 is 11.1 Å². The van der Waals surface area contributed by atoms with Gasteiger partial charge in [-0.2, -0.15) is 5.10 Å². The van der Waals surface area contributed by atoms with E-state index in [1.54, 1.807) is 26.1 Å². The summed E-state index contributed by atoms with van der Waals surface area (Å²) in [5.41, 5.74) is 8.34. The second kappa shape index (κ2) is 11.6. The summed E-state index contributed by atoms with van der Waals surface area (Å²) in [6.45, 7) is 9.22. The molecular weight excluding hydrogens is 548 g/mol. The number of fused-ring (bicyclic) bond motifs is 1. The average molecular weight is 577 g/mol. The van der Waals surface area contributed by atoms with Crippen molar-refractivity contribution in [3.63, 3.8) is 0 Å². The number of amides is 1. The van der Waals surface area contributed by atoms with Crippen LogP contribution in [0.4, 0.5) is 11.6 Å². The van der Waals surface area contributed by atoms with Gasteiger partial charge in [0.05, 0.1) is 33.3 Å². The zero-order valence-corrected chi connectivity index (χ0v) is 24.4. The van der Waals surface area contributed by atoms with E-state index in [2.05, 4.69) is 38.8 Å². The third kappa shape index (κ3) is 5.35. The van der Waals surface area contributed by atoms with Gasteiger partial charge in [-0.25, -0.2) is 19.6 Å². The van der Waals surface area contributed by atoms with E-state index in [-0.39, 0.29) is 22.8 Å². The second-order valence-electron chi connectivity index (χ2n) is 9.46. The van der Waals surface area contributed by atoms with Gasteiger partial charge in [0.2, 0.25) is 0 Å². The van der Waals surface area contributed by atoms with E-state index in [4.69, 9.17) is 10.7 Å². The summed E-state index contributed by atoms with van der Waals surface area (Å²) in [7, 11) is 1.64. The molecule has 2 aromatic carbocycles. The molecular formula is C31H28N8O2S. The molecule has 0 saturated heterocycles. The molecule has 0 aliphatic heterocycles. The summed E-state index contributed by atoms with van der Waals surface area (Å²) in [4.78, 5) is 42.1. The number of carbonyl (C=O) groups is 1. The molecule has 0 fully saturated rings. The summed E-state index contributed by atoms with van der Waals surface area (Å²) in [5, 5.41) is 8.38. The van der Waals surface area contributed by atoms with Crippen LogP contribution < -0.4 is 16.6 Å². The summed E-state index contributed by atoms with van der Waals surface area (Å²) in [6, 6.07) is 13.8. The quantitative estimate of drug-likeness (QED) is 0.225. The van der Waals surface area contributed by atoms with E-state index >= 15 is 0 Å². The van der Waals surface area contributed by atoms with Crippen molar-refractivity contribution in [3.05, 3.63) is 104 Å². The number of rotatable bonds is 6. The lowest BCUT2D eigenvalue weighted by atomic mass is 10.1. The highest BCUT2D eigenvalue weighted by atomic mass is 32.1. The molecule has 1 unspecified atom stereocenters. The van der Waals surface area contributed by atoms with Crippen LogP contribution in [0, 0.1) is 25.7 Å². The largest absolute Gasteiger partial charge is 0.381 e. The van der Waals surface area contributed by atoms with Crippen LogP contribution in [-0.2, 0) is 7.05 Å². The number of thiazole rings is 1. The van der Waals surface area contributed by atoms with Crippen molar-refractivity contribution in [2.24, 2.45) is 12.0 Å². The maximum Gasteiger partial charge on any atom is 0.267 e. The Morgan fingerprint density at radius 2 is 1.90 bits per heavy atom. The number of allylic oxidation sites excluding steroid dienone is 1. The Kier molecular flexibility index (Phi) is 7.82. The first-order valence-electron chi connectivity index (χ1n) is 13.0. The van der Waals surface area contributed by atoms with Crippen LogP contribution in [0.2, 0.25) is 0 Å². The minimum absolute atomic E-state index is 0.0277. The molecule has 5 aromatic rings. The van der Waals surface area contributed by atoms with Crippen LogP contribution in [-0.4, -0.2) is 36.4 Å². The van der Waals surface area contributed by atoms with Gasteiger partial charge in [0, 0.05) is 18.8 Å². The Bertz CT molecular complexity index is 1990. The topological polar surface area (TPSA) is 133 Å². The fraction of sp³-hybridized carbons (Fsp3) is 0.161. The summed E-state index contributed by atoms with van der Waals surface area (Å²) < 4.78 is 2.92. The van der Waals surface area contributed by atoms with E-state index in [0.29, 0.717) is 28.0 Å². The monoisotopic (exact) mass is 576 g/mol. The molecule has 1 amide bonds. The predicted octanol–water partition coefficient (Wildman–Crippen LogP) is 4.55. The van der Waals surface area contributed by atoms with Gasteiger partial charge in [-0.15, -0.1) is 11.3 Å². The number of hydrogen-bond acceptors (Lipinski definition) is 8. The third-order valence-corrected chi connectivity index (χ3v) is 7.45. The average Bonchev–Trinajstić information content (AvgIpc) is 3.45. The molecule has 210 valence electrons. The van der Waals surface area contributed by atoms with Crippen LogP contribution in [0.25, 0.3) is 16.6 Å². The molecule has 3 N–H and O–H groups in total. The number of aliphatic imine (C=N–C) groups is 1. The fourth-order valence-electron chi connectivity index (χ4n) is 4.60. The smallest absolute Gasteiger partial charge is 0.267 e. The number of nitrogen functional groups attached to an aromatic ring is 1. The lowest BCUT2D eigenvalue weighted by Crippen LogP contribution is -2.33. The van der Waals surface area contributed by atoms with Crippen LogP contribution in [0.15, 0.2) is 71.0 Å². The number of benzene rings is 2. The van der Waals surface area contributed by atoms with Gasteiger partial charge in [0.25, 0.3) is 11.5 Å². The third-order valence-electron chi connectivity index (χ3n) is 6.46. The van der Waals surface area contributed by atoms with Gasteiger partial charge in [0.1, 0.15) is 16.3 Å². The summed E-state index contributed by atoms with van der Waals surface area (Å²) in [5.74, 6) is 6.47. The molecule has 0 bridgehead atoms. The molecule has 5 rings (SSSR count). The van der Waals surface area contributed by atoms with E-state index in [1.807, 2.05) is 50.2 Å². The first-order chi connectivity index (χ1) is 20.2. The molecule has 11 heteroatoms. The number of nitrogens with zero attached hydrogens (tertiary/aromatic N) is 6. The molecule has 0 spiro atoms. The fourth-order valence-corrected chi connectivity index (χ4v) is 5.37. The van der Waals surface area contributed by atoms with Gasteiger partial charge in [-0.05, 0) is 51.0 Å². The van der Waals surface area contributed by atoms with E-state index in [9.17, 15) is 9.59 Å². The Hall–Kier alpha value is -5.34. The molecule has 42 heavy (non-hydrogen) atoms. The van der Waals surface area contributed by atoms with Gasteiger partial charge >= 0.3 is 0 Å². The zero-order chi connectivity index (χ0) is 30.0. The molecule has 0 radical (unpaired) electrons. The molecule has 0 aliphatic rings. The van der Waals surface area contributed by atoms with Crippen LogP contribution in [0.5, 0.6) is 0 Å². The molecule has 10 nitrogen and oxygen atoms in total. The van der Waals surface area contributed by atoms with Crippen molar-refractivity contribution < 1.29 is 4.79 Å². The second-order valence-corrected chi connectivity index (χ2v) is 10.7. The Morgan fingerprint density at radius 1 is 1.14 bits per heavy atom. The van der Waals surface area contributed by atoms with Gasteiger partial charge in [-0.1, -0.05) is 42.8 Å². The molecule has 3 aromatic heterocycles. The number of hydrogen-bond donors (Lipinski definition) is 2. The van der Waals surface area contributed by atoms with Crippen LogP contribution in [0.1, 0.15) is 50.3 Å². The number of nitrogens with two attached hydrogens (primary N) is 1. The van der Waals surface area contributed by atoms with Crippen molar-refractivity contribution in [1.82, 2.24) is 29.6 Å². The predicted molar refractivity (Wildman–Crippen MR) is 167 cm³/mol. The van der Waals surface area contributed by atoms with E-state index in [0.717, 1.165) is 15.6 Å². The molecule has 0 aliphatic carbocycles. The highest BCUT2D eigenvalue weighted by molar-refractivity contribution is 7.12. The van der Waals surface area contributed by atoms with E-state index < -0.39 is 11.9 Å². The van der Waals surface area contributed by atoms with Gasteiger partial charge in [-0.3, -0.25) is 14.2 Å². The highest BCUT2D eigenvalue weighted by Gasteiger charge is 2.25. The summed E-state index contributed by atoms with van der Waals surface area (Å²) >= 11 is 1.51. The SMILES string of the molecule is C=C/C=N\c1c(C(=O)NC(C)c2nc3cccc(C#Cc4sc(C)nc4C)c3c(=O)n2-c2ccccc2)c(N)nn1C. The van der Waals surface area contributed by atoms with Crippen molar-refractivity contribution in [2.75, 3.05) is 5.73 Å². The Balaban J connectivity index is 1.64. The molecule has 3 heterocycles. The van der Waals surface area contributed by atoms with Crippen molar-refractivity contribution in [1.29, 1.82) is 0 Å². The lowest BCUT2D eigenvalue weighted by molar-refractivity contribution is 0.0939. The first-order valence-corrected chi connectivity index (χ1v) is 13.9. The zero-order valence-electron chi connectivity index (χ0n) is 23.5. The number of nitrogens with one attached hydrogen (secondary N) is 1.